The number of urea groups is 1. The van der Waals surface area contributed by atoms with Crippen molar-refractivity contribution in [3.8, 4) is 0 Å². The quantitative estimate of drug-likeness (QED) is 0.585. The molecule has 6 nitrogen and oxygen atoms in total. The molecule has 2 aromatic rings. The Hall–Kier alpha value is -2.93. The molecule has 7 heteroatoms. The predicted molar refractivity (Wildman–Crippen MR) is 123 cm³/mol. The molecular formula is C24H33FN4O2. The molecule has 0 heterocycles. The molecule has 2 N–H and O–H groups in total. The standard InChI is InChI=1S/C24H33FN4O2/c1-5-14-29(15-6-2)23(30)18-10-12-21(13-11-18)27-24(31)26-17-22(28(3)4)19-8-7-9-20(25)16-19/h7-13,16,22H,5-6,14-15,17H2,1-4H3,(H2,26,27,31). The molecule has 0 fully saturated rings. The highest BCUT2D eigenvalue weighted by Crippen LogP contribution is 2.18. The maximum Gasteiger partial charge on any atom is 0.319 e. The first-order valence-corrected chi connectivity index (χ1v) is 10.7. The summed E-state index contributed by atoms with van der Waals surface area (Å²) in [7, 11) is 3.76. The van der Waals surface area contributed by atoms with E-state index in [-0.39, 0.29) is 23.8 Å². The number of nitrogens with one attached hydrogen (secondary N) is 2. The molecule has 2 rings (SSSR count). The van der Waals surface area contributed by atoms with E-state index in [4.69, 9.17) is 0 Å². The first kappa shape index (κ1) is 24.3. The second kappa shape index (κ2) is 12.1. The normalized spacial score (nSPS) is 11.8. The Morgan fingerprint density at radius 2 is 1.65 bits per heavy atom. The molecule has 0 aromatic heterocycles. The summed E-state index contributed by atoms with van der Waals surface area (Å²) < 4.78 is 13.6. The van der Waals surface area contributed by atoms with E-state index >= 15 is 0 Å². The van der Waals surface area contributed by atoms with Crippen molar-refractivity contribution in [2.75, 3.05) is 39.0 Å². The molecule has 0 radical (unpaired) electrons. The Kier molecular flexibility index (Phi) is 9.46. The fraction of sp³-hybridized carbons (Fsp3) is 0.417. The van der Waals surface area contributed by atoms with E-state index in [1.54, 1.807) is 30.3 Å². The lowest BCUT2D eigenvalue weighted by Crippen LogP contribution is -2.37. The molecule has 2 aromatic carbocycles. The van der Waals surface area contributed by atoms with Gasteiger partial charge in [0, 0.05) is 30.9 Å². The van der Waals surface area contributed by atoms with E-state index < -0.39 is 0 Å². The Bertz CT molecular complexity index is 849. The van der Waals surface area contributed by atoms with Crippen LogP contribution in [0.2, 0.25) is 0 Å². The maximum atomic E-state index is 13.6. The summed E-state index contributed by atoms with van der Waals surface area (Å²) in [5, 5.41) is 5.61. The summed E-state index contributed by atoms with van der Waals surface area (Å²) in [6, 6.07) is 12.7. The zero-order valence-electron chi connectivity index (χ0n) is 18.8. The number of hydrogen-bond donors (Lipinski definition) is 2. The minimum atomic E-state index is -0.360. The first-order valence-electron chi connectivity index (χ1n) is 10.7. The highest BCUT2D eigenvalue weighted by molar-refractivity contribution is 5.95. The van der Waals surface area contributed by atoms with Gasteiger partial charge in [0.25, 0.3) is 5.91 Å². The second-order valence-electron chi connectivity index (χ2n) is 7.74. The summed E-state index contributed by atoms with van der Waals surface area (Å²) in [4.78, 5) is 28.8. The third kappa shape index (κ3) is 7.36. The Labute approximate surface area is 184 Å². The average molecular weight is 429 g/mol. The first-order chi connectivity index (χ1) is 14.8. The number of hydrogen-bond acceptors (Lipinski definition) is 3. The van der Waals surface area contributed by atoms with Gasteiger partial charge in [-0.25, -0.2) is 9.18 Å². The third-order valence-corrected chi connectivity index (χ3v) is 4.98. The number of carbonyl (C=O) groups excluding carboxylic acids is 2. The number of carbonyl (C=O) groups is 2. The lowest BCUT2D eigenvalue weighted by molar-refractivity contribution is 0.0755. The van der Waals surface area contributed by atoms with Gasteiger partial charge in [-0.2, -0.15) is 0 Å². The Balaban J connectivity index is 1.95. The molecule has 0 aliphatic heterocycles. The van der Waals surface area contributed by atoms with Gasteiger partial charge >= 0.3 is 6.03 Å². The minimum Gasteiger partial charge on any atom is -0.339 e. The fourth-order valence-electron chi connectivity index (χ4n) is 3.41. The summed E-state index contributed by atoms with van der Waals surface area (Å²) >= 11 is 0. The molecule has 0 aliphatic rings. The Morgan fingerprint density at radius 3 is 2.19 bits per heavy atom. The van der Waals surface area contributed by atoms with Crippen molar-refractivity contribution in [2.24, 2.45) is 0 Å². The molecule has 1 atom stereocenters. The molecule has 3 amide bonds. The van der Waals surface area contributed by atoms with E-state index in [9.17, 15) is 14.0 Å². The topological polar surface area (TPSA) is 64.7 Å². The minimum absolute atomic E-state index is 0.00335. The lowest BCUT2D eigenvalue weighted by Gasteiger charge is -2.25. The molecular weight excluding hydrogens is 395 g/mol. The second-order valence-corrected chi connectivity index (χ2v) is 7.74. The van der Waals surface area contributed by atoms with Crippen LogP contribution in [-0.2, 0) is 0 Å². The number of anilines is 1. The summed E-state index contributed by atoms with van der Waals surface area (Å²) in [6.45, 7) is 5.89. The molecule has 0 aliphatic carbocycles. The van der Waals surface area contributed by atoms with Gasteiger partial charge in [-0.3, -0.25) is 4.79 Å². The van der Waals surface area contributed by atoms with E-state index in [0.717, 1.165) is 31.5 Å². The molecule has 0 saturated carbocycles. The number of amides is 3. The van der Waals surface area contributed by atoms with Crippen LogP contribution in [0.15, 0.2) is 48.5 Å². The Morgan fingerprint density at radius 1 is 1.00 bits per heavy atom. The fourth-order valence-corrected chi connectivity index (χ4v) is 3.41. The van der Waals surface area contributed by atoms with Gasteiger partial charge in [-0.1, -0.05) is 26.0 Å². The molecule has 1 unspecified atom stereocenters. The number of nitrogens with zero attached hydrogens (tertiary/aromatic N) is 2. The SMILES string of the molecule is CCCN(CCC)C(=O)c1ccc(NC(=O)NCC(c2cccc(F)c2)N(C)C)cc1. The van der Waals surface area contributed by atoms with Crippen LogP contribution >= 0.6 is 0 Å². The van der Waals surface area contributed by atoms with Crippen LogP contribution in [0, 0.1) is 5.82 Å². The number of benzene rings is 2. The van der Waals surface area contributed by atoms with Crippen molar-refractivity contribution >= 4 is 17.6 Å². The average Bonchev–Trinajstić information content (AvgIpc) is 2.73. The van der Waals surface area contributed by atoms with E-state index in [1.807, 2.05) is 30.0 Å². The van der Waals surface area contributed by atoms with Gasteiger partial charge in [0.2, 0.25) is 0 Å². The van der Waals surface area contributed by atoms with Crippen LogP contribution in [0.3, 0.4) is 0 Å². The monoisotopic (exact) mass is 428 g/mol. The van der Waals surface area contributed by atoms with Crippen LogP contribution in [0.1, 0.15) is 48.7 Å². The number of rotatable bonds is 10. The molecule has 31 heavy (non-hydrogen) atoms. The maximum absolute atomic E-state index is 13.6. The van der Waals surface area contributed by atoms with Gasteiger partial charge < -0.3 is 20.4 Å². The number of halogens is 1. The van der Waals surface area contributed by atoms with E-state index in [2.05, 4.69) is 24.5 Å². The number of likely N-dealkylation sites (N-methyl/N-ethyl adjacent to an activating group) is 1. The largest absolute Gasteiger partial charge is 0.339 e. The van der Waals surface area contributed by atoms with Gasteiger partial charge in [-0.05, 0) is 68.9 Å². The van der Waals surface area contributed by atoms with Crippen LogP contribution < -0.4 is 10.6 Å². The summed E-state index contributed by atoms with van der Waals surface area (Å²) in [5.74, 6) is -0.302. The van der Waals surface area contributed by atoms with Crippen molar-refractivity contribution in [2.45, 2.75) is 32.7 Å². The lowest BCUT2D eigenvalue weighted by atomic mass is 10.1. The highest BCUT2D eigenvalue weighted by atomic mass is 19.1. The van der Waals surface area contributed by atoms with Crippen LogP contribution in [0.25, 0.3) is 0 Å². The third-order valence-electron chi connectivity index (χ3n) is 4.98. The van der Waals surface area contributed by atoms with Crippen molar-refractivity contribution < 1.29 is 14.0 Å². The van der Waals surface area contributed by atoms with Crippen LogP contribution in [-0.4, -0.2) is 55.5 Å². The molecule has 0 spiro atoms. The van der Waals surface area contributed by atoms with Crippen molar-refractivity contribution in [1.29, 1.82) is 0 Å². The van der Waals surface area contributed by atoms with Gasteiger partial charge in [-0.15, -0.1) is 0 Å². The highest BCUT2D eigenvalue weighted by Gasteiger charge is 2.17. The van der Waals surface area contributed by atoms with Crippen LogP contribution in [0.4, 0.5) is 14.9 Å². The summed E-state index contributed by atoms with van der Waals surface area (Å²) in [5.41, 5.74) is 1.99. The molecule has 168 valence electrons. The van der Waals surface area contributed by atoms with E-state index in [0.29, 0.717) is 17.8 Å². The van der Waals surface area contributed by atoms with Crippen LogP contribution in [0.5, 0.6) is 0 Å². The van der Waals surface area contributed by atoms with Crippen molar-refractivity contribution in [3.05, 3.63) is 65.5 Å². The van der Waals surface area contributed by atoms with Gasteiger partial charge in [0.1, 0.15) is 5.82 Å². The van der Waals surface area contributed by atoms with E-state index in [1.165, 1.54) is 12.1 Å². The van der Waals surface area contributed by atoms with Crippen molar-refractivity contribution in [3.63, 3.8) is 0 Å². The van der Waals surface area contributed by atoms with Crippen molar-refractivity contribution in [1.82, 2.24) is 15.1 Å². The molecule has 0 saturated heterocycles. The molecule has 0 bridgehead atoms. The zero-order valence-corrected chi connectivity index (χ0v) is 18.8. The predicted octanol–water partition coefficient (Wildman–Crippen LogP) is 4.51. The van der Waals surface area contributed by atoms with Gasteiger partial charge in [0.15, 0.2) is 0 Å². The zero-order chi connectivity index (χ0) is 22.8. The van der Waals surface area contributed by atoms with Gasteiger partial charge in [0.05, 0.1) is 6.04 Å². The smallest absolute Gasteiger partial charge is 0.319 e. The summed E-state index contributed by atoms with van der Waals surface area (Å²) in [6.07, 6.45) is 1.82.